The van der Waals surface area contributed by atoms with E-state index in [9.17, 15) is 22.2 Å². The summed E-state index contributed by atoms with van der Waals surface area (Å²) in [5, 5.41) is 7.17. The van der Waals surface area contributed by atoms with E-state index in [4.69, 9.17) is 30.2 Å². The molecule has 0 amide bonds. The molecular formula is C37H42ClFN5O8PS. The van der Waals surface area contributed by atoms with Gasteiger partial charge in [-0.15, -0.1) is 0 Å². The highest BCUT2D eigenvalue weighted by molar-refractivity contribution is 7.90. The minimum absolute atomic E-state index is 0.0543. The molecule has 13 nitrogen and oxygen atoms in total. The normalized spacial score (nSPS) is 13.6. The lowest BCUT2D eigenvalue weighted by atomic mass is 10.1. The molecule has 2 heterocycles. The molecule has 0 radical (unpaired) electrons. The van der Waals surface area contributed by atoms with E-state index in [0.29, 0.717) is 55.8 Å². The van der Waals surface area contributed by atoms with Gasteiger partial charge in [0.15, 0.2) is 0 Å². The Morgan fingerprint density at radius 2 is 1.85 bits per heavy atom. The van der Waals surface area contributed by atoms with E-state index < -0.39 is 29.3 Å². The predicted octanol–water partition coefficient (Wildman–Crippen LogP) is 7.58. The van der Waals surface area contributed by atoms with Crippen LogP contribution < -0.4 is 15.1 Å². The van der Waals surface area contributed by atoms with Gasteiger partial charge in [0.25, 0.3) is 0 Å². The SMILES string of the molecule is COCP(=O)(NC(C)C(=O)OC(C)C)N(CCS(C)(=O)=O)Cc1ccc(-c2ccc3ncnc(Nc4ccc(OCc5cccc(F)c5)c(Cl)c4)c3c2)o1. The molecule has 2 atom stereocenters. The Labute approximate surface area is 318 Å². The first-order chi connectivity index (χ1) is 25.6. The molecule has 2 N–H and O–H groups in total. The number of carbonyl (C=O) groups excluding carboxylic acids is 1. The van der Waals surface area contributed by atoms with Gasteiger partial charge in [-0.1, -0.05) is 23.7 Å². The fraction of sp³-hybridized carbons (Fsp3) is 0.324. The maximum atomic E-state index is 14.4. The molecule has 0 spiro atoms. The highest BCUT2D eigenvalue weighted by Gasteiger charge is 2.35. The van der Waals surface area contributed by atoms with Gasteiger partial charge in [-0.25, -0.2) is 32.5 Å². The lowest BCUT2D eigenvalue weighted by molar-refractivity contribution is -0.149. The molecule has 2 aromatic heterocycles. The van der Waals surface area contributed by atoms with Crippen LogP contribution in [0.4, 0.5) is 15.9 Å². The first kappa shape index (κ1) is 40.8. The fourth-order valence-electron chi connectivity index (χ4n) is 5.42. The zero-order chi connectivity index (χ0) is 39.0. The molecular weight excluding hydrogens is 760 g/mol. The second kappa shape index (κ2) is 17.8. The minimum atomic E-state index is -3.72. The van der Waals surface area contributed by atoms with Gasteiger partial charge in [0, 0.05) is 36.5 Å². The van der Waals surface area contributed by atoms with Crippen LogP contribution in [0.2, 0.25) is 5.02 Å². The van der Waals surface area contributed by atoms with Crippen LogP contribution >= 0.6 is 19.0 Å². The number of aromatic nitrogens is 2. The molecule has 0 aliphatic heterocycles. The van der Waals surface area contributed by atoms with Gasteiger partial charge < -0.3 is 23.9 Å². The van der Waals surface area contributed by atoms with Crippen LogP contribution in [-0.2, 0) is 41.8 Å². The topological polar surface area (TPSA) is 162 Å². The third-order valence-electron chi connectivity index (χ3n) is 7.98. The zero-order valence-electron chi connectivity index (χ0n) is 30.4. The molecule has 0 aliphatic carbocycles. The molecule has 0 fully saturated rings. The van der Waals surface area contributed by atoms with Gasteiger partial charge in [-0.3, -0.25) is 9.36 Å². The molecule has 0 aliphatic rings. The van der Waals surface area contributed by atoms with Crippen molar-refractivity contribution < 1.29 is 40.8 Å². The second-order valence-electron chi connectivity index (χ2n) is 12.9. The summed E-state index contributed by atoms with van der Waals surface area (Å²) in [6, 6.07) is 19.3. The molecule has 54 heavy (non-hydrogen) atoms. The van der Waals surface area contributed by atoms with Crippen molar-refractivity contribution in [2.45, 2.75) is 46.1 Å². The summed E-state index contributed by atoms with van der Waals surface area (Å²) in [7, 11) is -5.80. The van der Waals surface area contributed by atoms with Crippen LogP contribution in [0.15, 0.2) is 83.5 Å². The Bertz CT molecular complexity index is 2260. The van der Waals surface area contributed by atoms with Crippen LogP contribution in [0.5, 0.6) is 5.75 Å². The Morgan fingerprint density at radius 1 is 1.06 bits per heavy atom. The summed E-state index contributed by atoms with van der Waals surface area (Å²) < 4.78 is 76.3. The molecule has 0 saturated carbocycles. The highest BCUT2D eigenvalue weighted by Crippen LogP contribution is 2.47. The number of nitrogens with zero attached hydrogens (tertiary/aromatic N) is 3. The molecule has 5 aromatic rings. The molecule has 3 aromatic carbocycles. The number of methoxy groups -OCH3 is 1. The number of fused-ring (bicyclic) bond motifs is 1. The Hall–Kier alpha value is -4.37. The third-order valence-corrected chi connectivity index (χ3v) is 11.9. The molecule has 288 valence electrons. The number of esters is 1. The molecule has 17 heteroatoms. The van der Waals surface area contributed by atoms with E-state index in [-0.39, 0.29) is 43.7 Å². The van der Waals surface area contributed by atoms with Crippen molar-refractivity contribution >= 4 is 57.3 Å². The number of halogens is 2. The largest absolute Gasteiger partial charge is 0.487 e. The summed E-state index contributed by atoms with van der Waals surface area (Å²) in [5.74, 6) is 0.563. The number of hydrogen-bond donors (Lipinski definition) is 2. The van der Waals surface area contributed by atoms with Gasteiger partial charge in [0.1, 0.15) is 64.1 Å². The number of furan rings is 1. The number of rotatable bonds is 18. The monoisotopic (exact) mass is 801 g/mol. The Balaban J connectivity index is 1.36. The number of carbonyl (C=O) groups is 1. The number of hydrogen-bond acceptors (Lipinski definition) is 11. The Kier molecular flexibility index (Phi) is 13.5. The molecule has 0 bridgehead atoms. The fourth-order valence-corrected chi connectivity index (χ4v) is 8.59. The van der Waals surface area contributed by atoms with E-state index in [2.05, 4.69) is 20.4 Å². The quantitative estimate of drug-likeness (QED) is 0.0660. The average molecular weight is 802 g/mol. The van der Waals surface area contributed by atoms with Crippen molar-refractivity contribution in [3.63, 3.8) is 0 Å². The van der Waals surface area contributed by atoms with Crippen molar-refractivity contribution in [3.05, 3.63) is 101 Å². The molecule has 2 unspecified atom stereocenters. The van der Waals surface area contributed by atoms with Crippen LogP contribution in [0, 0.1) is 5.82 Å². The van der Waals surface area contributed by atoms with Crippen molar-refractivity contribution in [1.29, 1.82) is 0 Å². The van der Waals surface area contributed by atoms with E-state index >= 15 is 0 Å². The van der Waals surface area contributed by atoms with Gasteiger partial charge in [-0.05, 0) is 87.0 Å². The van der Waals surface area contributed by atoms with Gasteiger partial charge in [0.05, 0.1) is 28.9 Å². The van der Waals surface area contributed by atoms with Crippen LogP contribution in [-0.4, -0.2) is 73.2 Å². The smallest absolute Gasteiger partial charge is 0.323 e. The number of nitrogens with one attached hydrogen (secondary N) is 2. The Morgan fingerprint density at radius 3 is 2.56 bits per heavy atom. The predicted molar refractivity (Wildman–Crippen MR) is 206 cm³/mol. The molecule has 0 saturated heterocycles. The van der Waals surface area contributed by atoms with Gasteiger partial charge >= 0.3 is 5.97 Å². The van der Waals surface area contributed by atoms with Crippen LogP contribution in [0.3, 0.4) is 0 Å². The van der Waals surface area contributed by atoms with E-state index in [1.165, 1.54) is 37.2 Å². The molecule has 5 rings (SSSR count). The lowest BCUT2D eigenvalue weighted by Gasteiger charge is -2.32. The highest BCUT2D eigenvalue weighted by atomic mass is 35.5. The summed E-state index contributed by atoms with van der Waals surface area (Å²) in [4.78, 5) is 21.5. The van der Waals surface area contributed by atoms with Gasteiger partial charge in [-0.2, -0.15) is 0 Å². The van der Waals surface area contributed by atoms with E-state index in [1.807, 2.05) is 18.2 Å². The standard InChI is InChI=1S/C37H42ClFN5O8PS/c1-24(2)51-37(45)25(3)43-53(46,23-49-4)44(15-16-54(5,47)48)20-30-11-14-34(52-30)27-9-12-33-31(18-27)36(41-22-40-33)42-29-10-13-35(32(38)19-29)50-21-26-7-6-8-28(39)17-26/h6-14,17-19,22,24-25H,15-16,20-21,23H2,1-5H3,(H,43,46)(H,40,41,42). The average Bonchev–Trinajstić information content (AvgIpc) is 3.58. The lowest BCUT2D eigenvalue weighted by Crippen LogP contribution is -2.41. The van der Waals surface area contributed by atoms with Crippen LogP contribution in [0.25, 0.3) is 22.2 Å². The second-order valence-corrected chi connectivity index (χ2v) is 18.0. The number of ether oxygens (including phenoxy) is 3. The van der Waals surface area contributed by atoms with E-state index in [0.717, 1.165) is 6.26 Å². The maximum absolute atomic E-state index is 14.4. The summed E-state index contributed by atoms with van der Waals surface area (Å²) in [6.45, 7) is 4.90. The van der Waals surface area contributed by atoms with Crippen molar-refractivity contribution in [2.24, 2.45) is 0 Å². The first-order valence-electron chi connectivity index (χ1n) is 16.9. The number of sulfone groups is 1. The summed E-state index contributed by atoms with van der Waals surface area (Å²) in [6.07, 6.45) is 1.84. The number of anilines is 2. The number of benzene rings is 3. The minimum Gasteiger partial charge on any atom is -0.487 e. The van der Waals surface area contributed by atoms with Gasteiger partial charge in [0.2, 0.25) is 7.44 Å². The first-order valence-corrected chi connectivity index (χ1v) is 21.2. The van der Waals surface area contributed by atoms with Crippen molar-refractivity contribution in [1.82, 2.24) is 19.7 Å². The summed E-state index contributed by atoms with van der Waals surface area (Å²) >= 11 is 6.53. The van der Waals surface area contributed by atoms with Crippen LogP contribution in [0.1, 0.15) is 32.1 Å². The van der Waals surface area contributed by atoms with Crippen molar-refractivity contribution in [2.75, 3.05) is 37.3 Å². The van der Waals surface area contributed by atoms with E-state index in [1.54, 1.807) is 56.3 Å². The maximum Gasteiger partial charge on any atom is 0.323 e. The van der Waals surface area contributed by atoms with Crippen molar-refractivity contribution in [3.8, 4) is 17.1 Å². The third kappa shape index (κ3) is 11.1. The zero-order valence-corrected chi connectivity index (χ0v) is 32.9. The summed E-state index contributed by atoms with van der Waals surface area (Å²) in [5.41, 5.74) is 2.66.